The molecule has 4 N–H and O–H groups in total. The van der Waals surface area contributed by atoms with Crippen molar-refractivity contribution >= 4 is 22.4 Å². The number of benzene rings is 1. The number of fused-ring (bicyclic) bond motifs is 3. The minimum Gasteiger partial charge on any atom is -0.474 e. The molecule has 14 heteroatoms. The maximum atomic E-state index is 16.5. The number of nitrogens with zero attached hydrogens (tertiary/aromatic N) is 3. The maximum Gasteiger partial charge on any atom is 0.417 e. The Balaban J connectivity index is 1.43. The number of nitrogens with two attached hydrogens (primary N) is 1. The Morgan fingerprint density at radius 2 is 1.95 bits per heavy atom. The van der Waals surface area contributed by atoms with Crippen LogP contribution in [-0.4, -0.2) is 53.0 Å². The first-order chi connectivity index (χ1) is 20.4. The van der Waals surface area contributed by atoms with E-state index in [0.29, 0.717) is 19.6 Å². The molecule has 6 heterocycles. The fourth-order valence-corrected chi connectivity index (χ4v) is 6.52. The molecular weight excluding hydrogens is 575 g/mol. The number of nitrogen functional groups attached to an aromatic ring is 1. The first-order valence-corrected chi connectivity index (χ1v) is 14.1. The lowest BCUT2D eigenvalue weighted by Gasteiger charge is -2.34. The van der Waals surface area contributed by atoms with Gasteiger partial charge in [0.15, 0.2) is 5.82 Å². The minimum absolute atomic E-state index is 0.0465. The highest BCUT2D eigenvalue weighted by atomic mass is 19.4. The number of halogens is 5. The van der Waals surface area contributed by atoms with Crippen molar-refractivity contribution in [3.63, 3.8) is 0 Å². The van der Waals surface area contributed by atoms with Crippen molar-refractivity contribution in [2.75, 3.05) is 30.8 Å². The van der Waals surface area contributed by atoms with Crippen LogP contribution in [-0.2, 0) is 10.9 Å². The van der Waals surface area contributed by atoms with Crippen LogP contribution in [0, 0.1) is 24.0 Å². The molecule has 0 spiro atoms. The lowest BCUT2D eigenvalue weighted by atomic mass is 9.71. The summed E-state index contributed by atoms with van der Waals surface area (Å²) >= 11 is 0. The van der Waals surface area contributed by atoms with E-state index in [4.69, 9.17) is 19.9 Å². The second-order valence-electron chi connectivity index (χ2n) is 11.9. The Bertz CT molecular complexity index is 1670. The van der Waals surface area contributed by atoms with Crippen molar-refractivity contribution in [2.45, 2.75) is 64.0 Å². The van der Waals surface area contributed by atoms with E-state index in [1.165, 1.54) is 0 Å². The van der Waals surface area contributed by atoms with Crippen molar-refractivity contribution < 1.29 is 36.2 Å². The quantitative estimate of drug-likeness (QED) is 0.271. The van der Waals surface area contributed by atoms with Crippen molar-refractivity contribution in [1.29, 1.82) is 0 Å². The van der Waals surface area contributed by atoms with Crippen molar-refractivity contribution in [3.8, 4) is 23.1 Å². The van der Waals surface area contributed by atoms with E-state index in [-0.39, 0.29) is 52.8 Å². The molecule has 2 aromatic heterocycles. The third-order valence-electron chi connectivity index (χ3n) is 8.66. The molecular formula is C29H29F5N6O3. The van der Waals surface area contributed by atoms with E-state index in [1.54, 1.807) is 6.92 Å². The summed E-state index contributed by atoms with van der Waals surface area (Å²) in [5.74, 6) is -2.44. The molecule has 4 bridgehead atoms. The van der Waals surface area contributed by atoms with Gasteiger partial charge in [0.2, 0.25) is 5.88 Å². The SMILES string of the molecule is Cc1c(F)c(N)cc(-c2nc3c4c(nc(OCC56COC(C5)C6)nc4c2F)NCC2=CCC(C[C@H](C)O3)N2)c1C(F)(F)F. The molecule has 1 unspecified atom stereocenters. The Morgan fingerprint density at radius 1 is 1.16 bits per heavy atom. The molecule has 5 aliphatic rings. The van der Waals surface area contributed by atoms with Crippen LogP contribution < -0.4 is 25.8 Å². The standard InChI is InChI=1S/C29H29F5N6O3/c1-12-5-14-3-4-15(37-14)9-36-25-19-24(39-27(40-25)42-11-28-7-16(8-28)41-10-28)22(31)23(38-26(19)43-12)17-6-18(35)21(30)13(2)20(17)29(32,33)34/h4,6,12,14,16,37H,3,5,7-11,35H2,1-2H3,(H,36,39,40)/t12-,14?,16?,28?/m0/s1. The summed E-state index contributed by atoms with van der Waals surface area (Å²) in [5, 5.41) is 6.64. The average molecular weight is 605 g/mol. The molecule has 43 heavy (non-hydrogen) atoms. The summed E-state index contributed by atoms with van der Waals surface area (Å²) in [4.78, 5) is 13.1. The minimum atomic E-state index is -5.04. The molecule has 4 aliphatic heterocycles. The van der Waals surface area contributed by atoms with Gasteiger partial charge in [-0.2, -0.15) is 23.1 Å². The Morgan fingerprint density at radius 3 is 2.67 bits per heavy atom. The molecule has 8 rings (SSSR count). The van der Waals surface area contributed by atoms with Crippen LogP contribution in [0.5, 0.6) is 11.9 Å². The predicted octanol–water partition coefficient (Wildman–Crippen LogP) is 5.27. The third kappa shape index (κ3) is 4.75. The largest absolute Gasteiger partial charge is 0.474 e. The van der Waals surface area contributed by atoms with Gasteiger partial charge in [-0.15, -0.1) is 0 Å². The number of anilines is 2. The lowest BCUT2D eigenvalue weighted by Crippen LogP contribution is -2.38. The van der Waals surface area contributed by atoms with E-state index in [2.05, 4.69) is 31.7 Å². The number of aromatic nitrogens is 3. The van der Waals surface area contributed by atoms with Gasteiger partial charge in [0.25, 0.3) is 0 Å². The van der Waals surface area contributed by atoms with Crippen LogP contribution in [0.3, 0.4) is 0 Å². The molecule has 2 saturated heterocycles. The second-order valence-corrected chi connectivity index (χ2v) is 11.9. The van der Waals surface area contributed by atoms with Crippen molar-refractivity contribution in [3.05, 3.63) is 40.6 Å². The summed E-state index contributed by atoms with van der Waals surface area (Å²) in [6, 6.07) is 0.633. The van der Waals surface area contributed by atoms with Gasteiger partial charge in [-0.1, -0.05) is 6.08 Å². The monoisotopic (exact) mass is 604 g/mol. The molecule has 9 nitrogen and oxygen atoms in total. The van der Waals surface area contributed by atoms with Gasteiger partial charge in [-0.3, -0.25) is 0 Å². The van der Waals surface area contributed by atoms with Gasteiger partial charge in [0.05, 0.1) is 43.2 Å². The fourth-order valence-electron chi connectivity index (χ4n) is 6.52. The van der Waals surface area contributed by atoms with E-state index < -0.39 is 52.0 Å². The van der Waals surface area contributed by atoms with Gasteiger partial charge in [0, 0.05) is 29.1 Å². The van der Waals surface area contributed by atoms with Crippen LogP contribution in [0.2, 0.25) is 0 Å². The summed E-state index contributed by atoms with van der Waals surface area (Å²) < 4.78 is 91.8. The zero-order valence-electron chi connectivity index (χ0n) is 23.4. The molecule has 1 aliphatic carbocycles. The molecule has 0 radical (unpaired) electrons. The second kappa shape index (κ2) is 9.79. The summed E-state index contributed by atoms with van der Waals surface area (Å²) in [7, 11) is 0. The highest BCUT2D eigenvalue weighted by molar-refractivity contribution is 5.97. The zero-order valence-corrected chi connectivity index (χ0v) is 23.4. The number of hydrogen-bond acceptors (Lipinski definition) is 9. The zero-order chi connectivity index (χ0) is 30.3. The van der Waals surface area contributed by atoms with Crippen LogP contribution in [0.4, 0.5) is 33.5 Å². The van der Waals surface area contributed by atoms with Crippen LogP contribution in [0.25, 0.3) is 22.2 Å². The van der Waals surface area contributed by atoms with Crippen LogP contribution >= 0.6 is 0 Å². The van der Waals surface area contributed by atoms with Gasteiger partial charge < -0.3 is 30.6 Å². The van der Waals surface area contributed by atoms with Crippen LogP contribution in [0.1, 0.15) is 43.7 Å². The molecule has 3 fully saturated rings. The van der Waals surface area contributed by atoms with Crippen molar-refractivity contribution in [1.82, 2.24) is 20.3 Å². The number of rotatable bonds is 4. The average Bonchev–Trinajstić information content (AvgIpc) is 3.65. The van der Waals surface area contributed by atoms with Crippen LogP contribution in [0.15, 0.2) is 17.8 Å². The summed E-state index contributed by atoms with van der Waals surface area (Å²) in [6.07, 6.45) is -0.318. The van der Waals surface area contributed by atoms with Gasteiger partial charge in [-0.05, 0) is 44.7 Å². The molecule has 1 saturated carbocycles. The van der Waals surface area contributed by atoms with Gasteiger partial charge in [0.1, 0.15) is 28.2 Å². The number of nitrogens with one attached hydrogen (secondary N) is 2. The summed E-state index contributed by atoms with van der Waals surface area (Å²) in [5.41, 5.74) is 1.91. The van der Waals surface area contributed by atoms with E-state index in [1.807, 2.05) is 0 Å². The first kappa shape index (κ1) is 27.9. The van der Waals surface area contributed by atoms with E-state index >= 15 is 4.39 Å². The predicted molar refractivity (Wildman–Crippen MR) is 147 cm³/mol. The number of pyridine rings is 1. The van der Waals surface area contributed by atoms with Crippen molar-refractivity contribution in [2.24, 2.45) is 5.41 Å². The van der Waals surface area contributed by atoms with E-state index in [0.717, 1.165) is 37.9 Å². The Hall–Kier alpha value is -3.94. The first-order valence-electron chi connectivity index (χ1n) is 14.1. The number of alkyl halides is 3. The highest BCUT2D eigenvalue weighted by Gasteiger charge is 2.52. The summed E-state index contributed by atoms with van der Waals surface area (Å²) in [6.45, 7) is 3.80. The topological polar surface area (TPSA) is 116 Å². The molecule has 228 valence electrons. The normalized spacial score (nSPS) is 26.1. The Kier molecular flexibility index (Phi) is 6.35. The fraction of sp³-hybridized carbons (Fsp3) is 0.483. The Labute approximate surface area is 243 Å². The maximum absolute atomic E-state index is 16.5. The molecule has 3 aromatic rings. The molecule has 0 amide bonds. The lowest BCUT2D eigenvalue weighted by molar-refractivity contribution is -0.137. The third-order valence-corrected chi connectivity index (χ3v) is 8.66. The highest BCUT2D eigenvalue weighted by Crippen LogP contribution is 2.50. The van der Waals surface area contributed by atoms with Gasteiger partial charge >= 0.3 is 12.2 Å². The van der Waals surface area contributed by atoms with E-state index in [9.17, 15) is 17.6 Å². The molecule has 1 aromatic carbocycles. The molecule has 2 atom stereocenters. The number of ether oxygens (including phenoxy) is 3. The van der Waals surface area contributed by atoms with Gasteiger partial charge in [-0.25, -0.2) is 13.8 Å². The number of hydrogen-bond donors (Lipinski definition) is 3. The smallest absolute Gasteiger partial charge is 0.417 e.